The lowest BCUT2D eigenvalue weighted by Crippen LogP contribution is -2.00. The van der Waals surface area contributed by atoms with Gasteiger partial charge in [0.05, 0.1) is 12.8 Å². The van der Waals surface area contributed by atoms with Crippen LogP contribution in [0.5, 0.6) is 5.75 Å². The number of hydrogen-bond donors (Lipinski definition) is 0. The summed E-state index contributed by atoms with van der Waals surface area (Å²) in [6, 6.07) is 1.97. The first-order valence-corrected chi connectivity index (χ1v) is 5.30. The van der Waals surface area contributed by atoms with E-state index >= 15 is 0 Å². The molecule has 1 aromatic rings. The average molecular weight is 242 g/mol. The van der Waals surface area contributed by atoms with Crippen molar-refractivity contribution in [1.29, 1.82) is 0 Å². The minimum absolute atomic E-state index is 0.794. The Labute approximate surface area is 86.5 Å². The first kappa shape index (κ1) is 9.00. The molecular weight excluding hydrogens is 230 g/mol. The van der Waals surface area contributed by atoms with Crippen molar-refractivity contribution in [3.63, 3.8) is 0 Å². The monoisotopic (exact) mass is 241 g/mol. The predicted octanol–water partition coefficient (Wildman–Crippen LogP) is 2.94. The molecule has 1 heterocycles. The van der Waals surface area contributed by atoms with Crippen LogP contribution in [0, 0.1) is 12.8 Å². The summed E-state index contributed by atoms with van der Waals surface area (Å²) in [7, 11) is 0. The minimum atomic E-state index is 0.794. The molecule has 1 aromatic heterocycles. The summed E-state index contributed by atoms with van der Waals surface area (Å²) in [6.07, 6.45) is 4.42. The van der Waals surface area contributed by atoms with Crippen molar-refractivity contribution in [2.45, 2.75) is 19.8 Å². The Morgan fingerprint density at radius 2 is 2.38 bits per heavy atom. The second-order valence-electron chi connectivity index (χ2n) is 3.53. The van der Waals surface area contributed by atoms with Crippen LogP contribution < -0.4 is 4.74 Å². The fourth-order valence-corrected chi connectivity index (χ4v) is 1.60. The Bertz CT molecular complexity index is 310. The fourth-order valence-electron chi connectivity index (χ4n) is 1.15. The van der Waals surface area contributed by atoms with Crippen LogP contribution in [0.3, 0.4) is 0 Å². The van der Waals surface area contributed by atoms with Gasteiger partial charge in [-0.2, -0.15) is 0 Å². The van der Waals surface area contributed by atoms with Gasteiger partial charge in [-0.1, -0.05) is 0 Å². The van der Waals surface area contributed by atoms with Crippen LogP contribution >= 0.6 is 15.9 Å². The van der Waals surface area contributed by atoms with E-state index in [9.17, 15) is 0 Å². The predicted molar refractivity (Wildman–Crippen MR) is 54.9 cm³/mol. The first-order chi connectivity index (χ1) is 6.25. The van der Waals surface area contributed by atoms with Gasteiger partial charge < -0.3 is 4.74 Å². The zero-order valence-corrected chi connectivity index (χ0v) is 9.17. The quantitative estimate of drug-likeness (QED) is 0.760. The molecule has 2 nitrogen and oxygen atoms in total. The molecule has 0 radical (unpaired) electrons. The van der Waals surface area contributed by atoms with Crippen LogP contribution in [0.15, 0.2) is 16.9 Å². The molecule has 1 aliphatic rings. The smallest absolute Gasteiger partial charge is 0.140 e. The molecule has 0 unspecified atom stereocenters. The van der Waals surface area contributed by atoms with Crippen molar-refractivity contribution >= 4 is 15.9 Å². The third-order valence-corrected chi connectivity index (χ3v) is 2.63. The van der Waals surface area contributed by atoms with E-state index < -0.39 is 0 Å². The van der Waals surface area contributed by atoms with Gasteiger partial charge in [-0.15, -0.1) is 0 Å². The molecule has 2 rings (SSSR count). The number of aryl methyl sites for hydroxylation is 1. The Hall–Kier alpha value is -0.570. The van der Waals surface area contributed by atoms with E-state index in [4.69, 9.17) is 4.74 Å². The second-order valence-corrected chi connectivity index (χ2v) is 4.34. The molecule has 0 amide bonds. The molecule has 70 valence electrons. The Kier molecular flexibility index (Phi) is 2.54. The number of halogens is 1. The van der Waals surface area contributed by atoms with E-state index in [1.807, 2.05) is 13.0 Å². The van der Waals surface area contributed by atoms with Crippen LogP contribution in [0.2, 0.25) is 0 Å². The molecule has 1 aliphatic carbocycles. The topological polar surface area (TPSA) is 22.1 Å². The summed E-state index contributed by atoms with van der Waals surface area (Å²) in [4.78, 5) is 4.13. The normalized spacial score (nSPS) is 15.8. The zero-order chi connectivity index (χ0) is 9.26. The number of rotatable bonds is 3. The minimum Gasteiger partial charge on any atom is -0.491 e. The van der Waals surface area contributed by atoms with Gasteiger partial charge >= 0.3 is 0 Å². The molecule has 0 atom stereocenters. The van der Waals surface area contributed by atoms with Crippen molar-refractivity contribution in [2.24, 2.45) is 5.92 Å². The summed E-state index contributed by atoms with van der Waals surface area (Å²) in [5.74, 6) is 1.71. The first-order valence-electron chi connectivity index (χ1n) is 4.50. The number of hydrogen-bond acceptors (Lipinski definition) is 2. The number of ether oxygens (including phenoxy) is 1. The highest BCUT2D eigenvalue weighted by molar-refractivity contribution is 9.10. The van der Waals surface area contributed by atoms with Gasteiger partial charge in [-0.05, 0) is 53.2 Å². The average Bonchev–Trinajstić information content (AvgIpc) is 2.86. The van der Waals surface area contributed by atoms with E-state index in [0.29, 0.717) is 0 Å². The molecule has 0 N–H and O–H groups in total. The summed E-state index contributed by atoms with van der Waals surface area (Å²) in [5.41, 5.74) is 1.14. The summed E-state index contributed by atoms with van der Waals surface area (Å²) >= 11 is 3.32. The number of aromatic nitrogens is 1. The summed E-state index contributed by atoms with van der Waals surface area (Å²) in [5, 5.41) is 0. The van der Waals surface area contributed by atoms with E-state index in [-0.39, 0.29) is 0 Å². The largest absolute Gasteiger partial charge is 0.491 e. The molecule has 1 fully saturated rings. The SMILES string of the molecule is Cc1cc(Br)ncc1OCC1CC1. The highest BCUT2D eigenvalue weighted by atomic mass is 79.9. The van der Waals surface area contributed by atoms with Crippen LogP contribution in [-0.4, -0.2) is 11.6 Å². The summed E-state index contributed by atoms with van der Waals surface area (Å²) < 4.78 is 6.50. The van der Waals surface area contributed by atoms with Gasteiger partial charge in [0.1, 0.15) is 10.4 Å². The van der Waals surface area contributed by atoms with Crippen molar-refractivity contribution in [3.8, 4) is 5.75 Å². The van der Waals surface area contributed by atoms with E-state index in [0.717, 1.165) is 28.4 Å². The second kappa shape index (κ2) is 3.66. The van der Waals surface area contributed by atoms with Crippen LogP contribution in [-0.2, 0) is 0 Å². The maximum atomic E-state index is 5.63. The number of pyridine rings is 1. The van der Waals surface area contributed by atoms with Gasteiger partial charge in [-0.25, -0.2) is 4.98 Å². The van der Waals surface area contributed by atoms with Crippen LogP contribution in [0.4, 0.5) is 0 Å². The summed E-state index contributed by atoms with van der Waals surface area (Å²) in [6.45, 7) is 2.89. The van der Waals surface area contributed by atoms with E-state index in [1.54, 1.807) is 6.20 Å². The highest BCUT2D eigenvalue weighted by Gasteiger charge is 2.22. The number of nitrogens with zero attached hydrogens (tertiary/aromatic N) is 1. The Balaban J connectivity index is 2.01. The van der Waals surface area contributed by atoms with Crippen LogP contribution in [0.25, 0.3) is 0 Å². The van der Waals surface area contributed by atoms with Gasteiger partial charge in [0.2, 0.25) is 0 Å². The van der Waals surface area contributed by atoms with Crippen molar-refractivity contribution in [3.05, 3.63) is 22.4 Å². The molecule has 1 saturated carbocycles. The van der Waals surface area contributed by atoms with Gasteiger partial charge in [0.25, 0.3) is 0 Å². The lowest BCUT2D eigenvalue weighted by atomic mass is 10.3. The lowest BCUT2D eigenvalue weighted by Gasteiger charge is -2.07. The van der Waals surface area contributed by atoms with Gasteiger partial charge in [-0.3, -0.25) is 0 Å². The van der Waals surface area contributed by atoms with E-state index in [1.165, 1.54) is 12.8 Å². The lowest BCUT2D eigenvalue weighted by molar-refractivity contribution is 0.296. The maximum absolute atomic E-state index is 5.63. The molecule has 0 saturated heterocycles. The van der Waals surface area contributed by atoms with Gasteiger partial charge in [0.15, 0.2) is 0 Å². The Morgan fingerprint density at radius 1 is 1.62 bits per heavy atom. The molecule has 0 bridgehead atoms. The maximum Gasteiger partial charge on any atom is 0.140 e. The van der Waals surface area contributed by atoms with Gasteiger partial charge in [0, 0.05) is 0 Å². The molecule has 13 heavy (non-hydrogen) atoms. The standard InChI is InChI=1S/C10H12BrNO/c1-7-4-10(11)12-5-9(7)13-6-8-2-3-8/h4-5,8H,2-3,6H2,1H3. The zero-order valence-electron chi connectivity index (χ0n) is 7.59. The third kappa shape index (κ3) is 2.44. The Morgan fingerprint density at radius 3 is 3.00 bits per heavy atom. The third-order valence-electron chi connectivity index (χ3n) is 2.20. The van der Waals surface area contributed by atoms with Crippen molar-refractivity contribution < 1.29 is 4.74 Å². The molecule has 3 heteroatoms. The molecule has 0 aromatic carbocycles. The highest BCUT2D eigenvalue weighted by Crippen LogP contribution is 2.30. The fraction of sp³-hybridized carbons (Fsp3) is 0.500. The van der Waals surface area contributed by atoms with Crippen molar-refractivity contribution in [1.82, 2.24) is 4.98 Å². The van der Waals surface area contributed by atoms with E-state index in [2.05, 4.69) is 20.9 Å². The molecule has 0 spiro atoms. The van der Waals surface area contributed by atoms with Crippen LogP contribution in [0.1, 0.15) is 18.4 Å². The molecular formula is C10H12BrNO. The van der Waals surface area contributed by atoms with Crippen molar-refractivity contribution in [2.75, 3.05) is 6.61 Å². The molecule has 0 aliphatic heterocycles.